The van der Waals surface area contributed by atoms with Crippen LogP contribution < -0.4 is 10.6 Å². The zero-order chi connectivity index (χ0) is 40.3. The van der Waals surface area contributed by atoms with Crippen molar-refractivity contribution in [3.63, 3.8) is 0 Å². The molecule has 2 aromatic carbocycles. The van der Waals surface area contributed by atoms with E-state index < -0.39 is 18.1 Å². The van der Waals surface area contributed by atoms with Gasteiger partial charge in [0.2, 0.25) is 11.8 Å². The van der Waals surface area contributed by atoms with Crippen molar-refractivity contribution in [2.24, 2.45) is 0 Å². The molecule has 2 amide bonds. The third kappa shape index (κ3) is 19.3. The van der Waals surface area contributed by atoms with Gasteiger partial charge in [0.25, 0.3) is 0 Å². The minimum atomic E-state index is -1.01. The topological polar surface area (TPSA) is 183 Å². The van der Waals surface area contributed by atoms with Crippen LogP contribution >= 0.6 is 0 Å². The van der Waals surface area contributed by atoms with Gasteiger partial charge in [0.15, 0.2) is 0 Å². The Morgan fingerprint density at radius 2 is 1.04 bits per heavy atom. The first kappa shape index (κ1) is 47.6. The van der Waals surface area contributed by atoms with Crippen molar-refractivity contribution in [2.45, 2.75) is 65.1 Å². The fraction of sp³-hybridized carbons (Fsp3) is 0.625. The average molecular weight is 776 g/mol. The van der Waals surface area contributed by atoms with Crippen LogP contribution in [0.5, 0.6) is 0 Å². The van der Waals surface area contributed by atoms with Crippen LogP contribution in [0.4, 0.5) is 0 Å². The molecule has 0 aromatic heterocycles. The number of carboxylic acid groups (broad SMARTS) is 1. The van der Waals surface area contributed by atoms with Gasteiger partial charge in [-0.15, -0.1) is 0 Å². The minimum Gasteiger partial charge on any atom is -0.480 e. The van der Waals surface area contributed by atoms with Crippen molar-refractivity contribution < 1.29 is 48.7 Å². The summed E-state index contributed by atoms with van der Waals surface area (Å²) >= 11 is 0. The number of amides is 2. The normalized spacial score (nSPS) is 13.8. The van der Waals surface area contributed by atoms with Crippen LogP contribution in [0.25, 0.3) is 0 Å². The second kappa shape index (κ2) is 28.8. The maximum Gasteiger partial charge on any atom is 0.317 e. The van der Waals surface area contributed by atoms with Gasteiger partial charge in [-0.25, -0.2) is 0 Å². The zero-order valence-electron chi connectivity index (χ0n) is 33.1. The monoisotopic (exact) mass is 775 g/mol. The number of carbonyl (C=O) groups is 3. The highest BCUT2D eigenvalue weighted by Gasteiger charge is 2.33. The number of aliphatic carboxylic acids is 1. The molecule has 0 aliphatic carbocycles. The van der Waals surface area contributed by atoms with Crippen LogP contribution in [0.3, 0.4) is 0 Å². The lowest BCUT2D eigenvalue weighted by atomic mass is 10.1. The summed E-state index contributed by atoms with van der Waals surface area (Å²) in [6.45, 7) is 11.1. The molecule has 0 radical (unpaired) electrons. The number of rotatable bonds is 32. The molecular weight excluding hydrogens is 710 g/mol. The van der Waals surface area contributed by atoms with E-state index in [4.69, 9.17) is 29.2 Å². The second-order valence-corrected chi connectivity index (χ2v) is 13.2. The fourth-order valence-electron chi connectivity index (χ4n) is 6.39. The Kier molecular flexibility index (Phi) is 25.0. The summed E-state index contributed by atoms with van der Waals surface area (Å²) in [6, 6.07) is 17.5. The number of hydrogen-bond acceptors (Lipinski definition) is 12. The minimum absolute atomic E-state index is 0.102. The van der Waals surface area contributed by atoms with Crippen LogP contribution in [-0.2, 0) is 46.5 Å². The lowest BCUT2D eigenvalue weighted by Gasteiger charge is -2.40. The molecule has 0 aliphatic rings. The molecule has 0 bridgehead atoms. The van der Waals surface area contributed by atoms with Crippen LogP contribution in [0.15, 0.2) is 60.7 Å². The molecule has 15 nitrogen and oxygen atoms in total. The zero-order valence-corrected chi connectivity index (χ0v) is 33.1. The Labute approximate surface area is 326 Å². The highest BCUT2D eigenvalue weighted by Crippen LogP contribution is 2.15. The Morgan fingerprint density at radius 3 is 1.38 bits per heavy atom. The SMILES string of the molecule is CCN(C(COCc1ccccc1)CN(CC(=O)O)CC(COCc1ccccc1)N(CC)C(C)C(=O)NCCOCCO)C(C)C(=O)NCCOCCO. The van der Waals surface area contributed by atoms with Gasteiger partial charge in [0.05, 0.1) is 84.7 Å². The Balaban J connectivity index is 2.36. The number of carbonyl (C=O) groups excluding carboxylic acids is 2. The van der Waals surface area contributed by atoms with Crippen molar-refractivity contribution in [1.82, 2.24) is 25.3 Å². The van der Waals surface area contributed by atoms with Crippen LogP contribution in [0.1, 0.15) is 38.8 Å². The molecule has 0 heterocycles. The van der Waals surface area contributed by atoms with Crippen LogP contribution in [-0.4, -0.2) is 171 Å². The van der Waals surface area contributed by atoms with Gasteiger partial charge in [-0.3, -0.25) is 29.1 Å². The number of aliphatic hydroxyl groups excluding tert-OH is 2. The molecule has 55 heavy (non-hydrogen) atoms. The van der Waals surface area contributed by atoms with E-state index in [0.717, 1.165) is 11.1 Å². The van der Waals surface area contributed by atoms with Crippen LogP contribution in [0.2, 0.25) is 0 Å². The van der Waals surface area contributed by atoms with Gasteiger partial charge >= 0.3 is 5.97 Å². The molecule has 0 aliphatic heterocycles. The standard InChI is InChI=1S/C40H65N5O10/c1-5-44(32(3)39(50)41-17-21-52-23-19-46)36(30-54-28-34-13-9-7-10-14-34)25-43(27-38(48)49)26-37(31-55-29-35-15-11-8-12-16-35)45(6-2)33(4)40(51)42-18-22-53-24-20-47/h7-16,32-33,36-37,46-47H,5-6,17-31H2,1-4H3,(H,41,50)(H,42,51)(H,48,49). The molecule has 5 N–H and O–H groups in total. The first-order valence-corrected chi connectivity index (χ1v) is 19.3. The summed E-state index contributed by atoms with van der Waals surface area (Å²) in [7, 11) is 0. The van der Waals surface area contributed by atoms with Gasteiger partial charge in [-0.1, -0.05) is 74.5 Å². The van der Waals surface area contributed by atoms with E-state index in [1.54, 1.807) is 0 Å². The first-order valence-electron chi connectivity index (χ1n) is 19.3. The third-order valence-corrected chi connectivity index (χ3v) is 9.13. The van der Waals surface area contributed by atoms with E-state index in [0.29, 0.717) is 26.3 Å². The van der Waals surface area contributed by atoms with E-state index in [-0.39, 0.29) is 109 Å². The summed E-state index contributed by atoms with van der Waals surface area (Å²) in [5.41, 5.74) is 1.98. The molecule has 15 heteroatoms. The summed E-state index contributed by atoms with van der Waals surface area (Å²) < 4.78 is 23.1. The average Bonchev–Trinajstić information content (AvgIpc) is 3.18. The van der Waals surface area contributed by atoms with Crippen molar-refractivity contribution in [3.05, 3.63) is 71.8 Å². The Hall–Kier alpha value is -3.51. The van der Waals surface area contributed by atoms with E-state index in [2.05, 4.69) is 10.6 Å². The number of aliphatic hydroxyl groups is 2. The molecule has 0 spiro atoms. The lowest BCUT2D eigenvalue weighted by Crippen LogP contribution is -2.58. The summed E-state index contributed by atoms with van der Waals surface area (Å²) in [6.07, 6.45) is 0. The quantitative estimate of drug-likeness (QED) is 0.0670. The summed E-state index contributed by atoms with van der Waals surface area (Å²) in [5, 5.41) is 33.9. The maximum absolute atomic E-state index is 13.4. The highest BCUT2D eigenvalue weighted by molar-refractivity contribution is 5.81. The second-order valence-electron chi connectivity index (χ2n) is 13.2. The summed E-state index contributed by atoms with van der Waals surface area (Å²) in [4.78, 5) is 45.0. The van der Waals surface area contributed by atoms with Gasteiger partial charge in [0.1, 0.15) is 0 Å². The lowest BCUT2D eigenvalue weighted by molar-refractivity contribution is -0.140. The number of hydrogen-bond donors (Lipinski definition) is 5. The van der Waals surface area contributed by atoms with Crippen molar-refractivity contribution >= 4 is 17.8 Å². The summed E-state index contributed by atoms with van der Waals surface area (Å²) in [5.74, 6) is -1.43. The molecule has 0 fully saturated rings. The van der Waals surface area contributed by atoms with Gasteiger partial charge in [0, 0.05) is 38.3 Å². The molecule has 0 saturated heterocycles. The van der Waals surface area contributed by atoms with E-state index in [1.165, 1.54) is 0 Å². The maximum atomic E-state index is 13.4. The smallest absolute Gasteiger partial charge is 0.317 e. The van der Waals surface area contributed by atoms with Crippen LogP contribution in [0, 0.1) is 0 Å². The molecule has 4 unspecified atom stereocenters. The van der Waals surface area contributed by atoms with Crippen molar-refractivity contribution in [2.75, 3.05) is 98.7 Å². The molecular formula is C40H65N5O10. The molecule has 2 rings (SSSR count). The molecule has 310 valence electrons. The van der Waals surface area contributed by atoms with Crippen molar-refractivity contribution in [3.8, 4) is 0 Å². The molecule has 2 aromatic rings. The Morgan fingerprint density at radius 1 is 0.636 bits per heavy atom. The number of ether oxygens (including phenoxy) is 4. The van der Waals surface area contributed by atoms with Gasteiger partial charge < -0.3 is 44.9 Å². The largest absolute Gasteiger partial charge is 0.480 e. The number of likely N-dealkylation sites (N-methyl/N-ethyl adjacent to an activating group) is 2. The van der Waals surface area contributed by atoms with E-state index in [9.17, 15) is 19.5 Å². The first-order chi connectivity index (χ1) is 26.6. The fourth-order valence-corrected chi connectivity index (χ4v) is 6.39. The predicted octanol–water partition coefficient (Wildman–Crippen LogP) is 1.21. The number of nitrogens with one attached hydrogen (secondary N) is 2. The predicted molar refractivity (Wildman–Crippen MR) is 209 cm³/mol. The third-order valence-electron chi connectivity index (χ3n) is 9.13. The number of carboxylic acids is 1. The van der Waals surface area contributed by atoms with Gasteiger partial charge in [-0.05, 0) is 38.1 Å². The van der Waals surface area contributed by atoms with Gasteiger partial charge in [-0.2, -0.15) is 0 Å². The van der Waals surface area contributed by atoms with Crippen molar-refractivity contribution in [1.29, 1.82) is 0 Å². The molecule has 4 atom stereocenters. The number of benzene rings is 2. The molecule has 0 saturated carbocycles. The highest BCUT2D eigenvalue weighted by atomic mass is 16.5. The Bertz CT molecular complexity index is 1220. The van der Waals surface area contributed by atoms with E-state index >= 15 is 0 Å². The number of nitrogens with zero attached hydrogens (tertiary/aromatic N) is 3. The van der Waals surface area contributed by atoms with E-state index in [1.807, 2.05) is 103 Å².